The standard InChI is InChI=1S/C14H16FNO2/c1-9-6-10-7-11(15)8-12(14(10)18-9)13(17)4-5-16(2)3/h4-5,7-9H,6H2,1-3H3/b5-4+/t9-/m0/s1. The first-order chi connectivity index (χ1) is 8.47. The van der Waals surface area contributed by atoms with E-state index in [4.69, 9.17) is 4.74 Å². The quantitative estimate of drug-likeness (QED) is 0.608. The van der Waals surface area contributed by atoms with Crippen LogP contribution in [0.3, 0.4) is 0 Å². The molecule has 0 aromatic heterocycles. The molecule has 96 valence electrons. The Bertz CT molecular complexity index is 509. The lowest BCUT2D eigenvalue weighted by atomic mass is 10.0. The number of halogens is 1. The van der Waals surface area contributed by atoms with Crippen molar-refractivity contribution in [1.29, 1.82) is 0 Å². The number of carbonyl (C=O) groups excluding carboxylic acids is 1. The van der Waals surface area contributed by atoms with Gasteiger partial charge in [0.15, 0.2) is 5.78 Å². The number of benzene rings is 1. The van der Waals surface area contributed by atoms with Crippen LogP contribution in [0.1, 0.15) is 22.8 Å². The van der Waals surface area contributed by atoms with E-state index in [0.29, 0.717) is 17.7 Å². The maximum atomic E-state index is 13.5. The summed E-state index contributed by atoms with van der Waals surface area (Å²) in [5, 5.41) is 0. The zero-order chi connectivity index (χ0) is 13.3. The van der Waals surface area contributed by atoms with Gasteiger partial charge in [0, 0.05) is 38.4 Å². The molecule has 0 amide bonds. The molecule has 3 nitrogen and oxygen atoms in total. The van der Waals surface area contributed by atoms with Gasteiger partial charge in [-0.25, -0.2) is 4.39 Å². The average Bonchev–Trinajstić information content (AvgIpc) is 2.64. The highest BCUT2D eigenvalue weighted by molar-refractivity contribution is 6.06. The summed E-state index contributed by atoms with van der Waals surface area (Å²) >= 11 is 0. The Morgan fingerprint density at radius 1 is 1.50 bits per heavy atom. The average molecular weight is 249 g/mol. The smallest absolute Gasteiger partial charge is 0.191 e. The Morgan fingerprint density at radius 2 is 2.22 bits per heavy atom. The van der Waals surface area contributed by atoms with Crippen molar-refractivity contribution >= 4 is 5.78 Å². The second kappa shape index (κ2) is 4.80. The van der Waals surface area contributed by atoms with Crippen molar-refractivity contribution < 1.29 is 13.9 Å². The molecule has 1 aromatic carbocycles. The molecule has 1 aliphatic rings. The number of carbonyl (C=O) groups is 1. The second-order valence-corrected chi connectivity index (χ2v) is 4.72. The lowest BCUT2D eigenvalue weighted by Crippen LogP contribution is -2.07. The lowest BCUT2D eigenvalue weighted by molar-refractivity contribution is 0.104. The fourth-order valence-electron chi connectivity index (χ4n) is 1.98. The Morgan fingerprint density at radius 3 is 2.89 bits per heavy atom. The van der Waals surface area contributed by atoms with Crippen LogP contribution in [0.4, 0.5) is 4.39 Å². The third kappa shape index (κ3) is 2.53. The third-order valence-corrected chi connectivity index (χ3v) is 2.75. The number of hydrogen-bond donors (Lipinski definition) is 0. The molecule has 0 radical (unpaired) electrons. The van der Waals surface area contributed by atoms with Gasteiger partial charge >= 0.3 is 0 Å². The van der Waals surface area contributed by atoms with Crippen LogP contribution < -0.4 is 4.74 Å². The minimum absolute atomic E-state index is 0.00817. The van der Waals surface area contributed by atoms with Crippen molar-refractivity contribution in [2.45, 2.75) is 19.4 Å². The number of ether oxygens (including phenoxy) is 1. The van der Waals surface area contributed by atoms with Crippen molar-refractivity contribution in [3.8, 4) is 5.75 Å². The van der Waals surface area contributed by atoms with Crippen molar-refractivity contribution in [3.05, 3.63) is 41.4 Å². The predicted octanol–water partition coefficient (Wildman–Crippen LogP) is 2.41. The number of hydrogen-bond acceptors (Lipinski definition) is 3. The van der Waals surface area contributed by atoms with Gasteiger partial charge in [0.2, 0.25) is 0 Å². The summed E-state index contributed by atoms with van der Waals surface area (Å²) in [5.74, 6) is -0.112. The molecule has 0 fully saturated rings. The SMILES string of the molecule is C[C@H]1Cc2cc(F)cc(C(=O)/C=C/N(C)C)c2O1. The minimum atomic E-state index is -0.395. The molecular formula is C14H16FNO2. The van der Waals surface area contributed by atoms with Gasteiger partial charge in [-0.2, -0.15) is 0 Å². The maximum Gasteiger partial charge on any atom is 0.191 e. The molecule has 1 heterocycles. The monoisotopic (exact) mass is 249 g/mol. The first-order valence-electron chi connectivity index (χ1n) is 5.85. The van der Waals surface area contributed by atoms with E-state index in [9.17, 15) is 9.18 Å². The van der Waals surface area contributed by atoms with E-state index in [0.717, 1.165) is 5.56 Å². The van der Waals surface area contributed by atoms with Gasteiger partial charge < -0.3 is 9.64 Å². The molecule has 1 aliphatic heterocycles. The molecule has 0 saturated carbocycles. The zero-order valence-corrected chi connectivity index (χ0v) is 10.7. The van der Waals surface area contributed by atoms with Crippen LogP contribution in [0.25, 0.3) is 0 Å². The summed E-state index contributed by atoms with van der Waals surface area (Å²) in [6.45, 7) is 1.90. The number of rotatable bonds is 3. The molecular weight excluding hydrogens is 233 g/mol. The van der Waals surface area contributed by atoms with Crippen LogP contribution in [-0.2, 0) is 6.42 Å². The highest BCUT2D eigenvalue weighted by Gasteiger charge is 2.25. The van der Waals surface area contributed by atoms with Gasteiger partial charge in [-0.1, -0.05) is 0 Å². The van der Waals surface area contributed by atoms with Gasteiger partial charge in [0.25, 0.3) is 0 Å². The number of allylic oxidation sites excluding steroid dienone is 1. The number of ketones is 1. The summed E-state index contributed by atoms with van der Waals surface area (Å²) in [6.07, 6.45) is 3.69. The molecule has 0 N–H and O–H groups in total. The van der Waals surface area contributed by atoms with Crippen LogP contribution in [-0.4, -0.2) is 30.9 Å². The fraction of sp³-hybridized carbons (Fsp3) is 0.357. The van der Waals surface area contributed by atoms with Crippen LogP contribution in [0.2, 0.25) is 0 Å². The van der Waals surface area contributed by atoms with Gasteiger partial charge in [-0.05, 0) is 19.1 Å². The van der Waals surface area contributed by atoms with Crippen LogP contribution in [0, 0.1) is 5.82 Å². The largest absolute Gasteiger partial charge is 0.489 e. The lowest BCUT2D eigenvalue weighted by Gasteiger charge is -2.08. The molecule has 4 heteroatoms. The van der Waals surface area contributed by atoms with E-state index in [1.807, 2.05) is 21.0 Å². The van der Waals surface area contributed by atoms with E-state index >= 15 is 0 Å². The molecule has 18 heavy (non-hydrogen) atoms. The summed E-state index contributed by atoms with van der Waals surface area (Å²) < 4.78 is 19.1. The van der Waals surface area contributed by atoms with Crippen LogP contribution in [0.5, 0.6) is 5.75 Å². The number of nitrogens with zero attached hydrogens (tertiary/aromatic N) is 1. The molecule has 2 rings (SSSR count). The Balaban J connectivity index is 2.37. The van der Waals surface area contributed by atoms with Gasteiger partial charge in [-0.3, -0.25) is 4.79 Å². The highest BCUT2D eigenvalue weighted by atomic mass is 19.1. The first kappa shape index (κ1) is 12.6. The zero-order valence-electron chi connectivity index (χ0n) is 10.7. The Labute approximate surface area is 106 Å². The molecule has 1 atom stereocenters. The van der Waals surface area contributed by atoms with E-state index < -0.39 is 5.82 Å². The normalized spacial score (nSPS) is 17.7. The summed E-state index contributed by atoms with van der Waals surface area (Å²) in [4.78, 5) is 13.8. The molecule has 0 bridgehead atoms. The van der Waals surface area contributed by atoms with Gasteiger partial charge in [-0.15, -0.1) is 0 Å². The Hall–Kier alpha value is -1.84. The Kier molecular flexibility index (Phi) is 3.36. The predicted molar refractivity (Wildman–Crippen MR) is 67.4 cm³/mol. The molecule has 0 unspecified atom stereocenters. The summed E-state index contributed by atoms with van der Waals surface area (Å²) in [6, 6.07) is 2.67. The van der Waals surface area contributed by atoms with Crippen LogP contribution in [0.15, 0.2) is 24.4 Å². The van der Waals surface area contributed by atoms with E-state index in [1.165, 1.54) is 18.2 Å². The van der Waals surface area contributed by atoms with Gasteiger partial charge in [0.1, 0.15) is 17.7 Å². The number of fused-ring (bicyclic) bond motifs is 1. The topological polar surface area (TPSA) is 29.5 Å². The van der Waals surface area contributed by atoms with Crippen LogP contribution >= 0.6 is 0 Å². The van der Waals surface area contributed by atoms with Crippen molar-refractivity contribution in [2.75, 3.05) is 14.1 Å². The van der Waals surface area contributed by atoms with Gasteiger partial charge in [0.05, 0.1) is 5.56 Å². The highest BCUT2D eigenvalue weighted by Crippen LogP contribution is 2.33. The second-order valence-electron chi connectivity index (χ2n) is 4.72. The molecule has 1 aromatic rings. The first-order valence-corrected chi connectivity index (χ1v) is 5.85. The molecule has 0 saturated heterocycles. The summed E-state index contributed by atoms with van der Waals surface area (Å²) in [7, 11) is 3.64. The third-order valence-electron chi connectivity index (χ3n) is 2.75. The molecule has 0 spiro atoms. The summed E-state index contributed by atoms with van der Waals surface area (Å²) in [5.41, 5.74) is 1.07. The minimum Gasteiger partial charge on any atom is -0.489 e. The van der Waals surface area contributed by atoms with Crippen molar-refractivity contribution in [2.24, 2.45) is 0 Å². The molecule has 0 aliphatic carbocycles. The van der Waals surface area contributed by atoms with E-state index in [1.54, 1.807) is 11.1 Å². The van der Waals surface area contributed by atoms with Crippen molar-refractivity contribution in [1.82, 2.24) is 4.90 Å². The fourth-order valence-corrected chi connectivity index (χ4v) is 1.98. The van der Waals surface area contributed by atoms with Crippen molar-refractivity contribution in [3.63, 3.8) is 0 Å². The van der Waals surface area contributed by atoms with E-state index in [2.05, 4.69) is 0 Å². The van der Waals surface area contributed by atoms with E-state index in [-0.39, 0.29) is 11.9 Å². The maximum absolute atomic E-state index is 13.5.